The van der Waals surface area contributed by atoms with Crippen molar-refractivity contribution in [1.29, 1.82) is 5.26 Å². The number of ether oxygens (including phenoxy) is 2. The first-order valence-corrected chi connectivity index (χ1v) is 10.1. The number of nitriles is 1. The molecule has 0 aliphatic carbocycles. The van der Waals surface area contributed by atoms with Gasteiger partial charge in [0.1, 0.15) is 16.7 Å². The maximum Gasteiger partial charge on any atom is 0.355 e. The van der Waals surface area contributed by atoms with Crippen LogP contribution in [0.4, 0.5) is 5.69 Å². The summed E-state index contributed by atoms with van der Waals surface area (Å²) < 4.78 is 10.1. The number of nitrogens with zero attached hydrogens (tertiary/aromatic N) is 3. The molecule has 33 heavy (non-hydrogen) atoms. The maximum absolute atomic E-state index is 13.1. The summed E-state index contributed by atoms with van der Waals surface area (Å²) in [6.07, 6.45) is 0. The second-order valence-electron chi connectivity index (χ2n) is 7.04. The van der Waals surface area contributed by atoms with E-state index in [1.54, 1.807) is 48.5 Å². The van der Waals surface area contributed by atoms with Gasteiger partial charge < -0.3 is 15.2 Å². The van der Waals surface area contributed by atoms with Crippen LogP contribution in [0.3, 0.4) is 0 Å². The largest absolute Gasteiger partial charge is 0.466 e. The van der Waals surface area contributed by atoms with Crippen molar-refractivity contribution >= 4 is 40.1 Å². The summed E-state index contributed by atoms with van der Waals surface area (Å²) in [5, 5.41) is 17.5. The number of nitrogens with one attached hydrogen (secondary N) is 1. The molecule has 0 fully saturated rings. The fourth-order valence-electron chi connectivity index (χ4n) is 3.96. The Bertz CT molecular complexity index is 1370. The van der Waals surface area contributed by atoms with Gasteiger partial charge in [-0.25, -0.2) is 9.59 Å². The number of methoxy groups -OCH3 is 2. The number of benzene rings is 2. The SMILES string of the molecule is COC(=O)C1=C(C(=O)OC)N(c2cccc3n[nH]c(Cl)c23)C(N)=C(C#N)C1c1ccccc1. The summed E-state index contributed by atoms with van der Waals surface area (Å²) in [6.45, 7) is 0. The smallest absolute Gasteiger partial charge is 0.355 e. The first-order valence-electron chi connectivity index (χ1n) is 9.72. The summed E-state index contributed by atoms with van der Waals surface area (Å²) in [4.78, 5) is 27.5. The average molecular weight is 464 g/mol. The lowest BCUT2D eigenvalue weighted by molar-refractivity contribution is -0.139. The van der Waals surface area contributed by atoms with E-state index < -0.39 is 17.9 Å². The molecule has 9 nitrogen and oxygen atoms in total. The van der Waals surface area contributed by atoms with Crippen molar-refractivity contribution in [3.05, 3.63) is 81.9 Å². The van der Waals surface area contributed by atoms with Crippen molar-refractivity contribution in [2.45, 2.75) is 5.92 Å². The normalized spacial score (nSPS) is 16.1. The average Bonchev–Trinajstić information content (AvgIpc) is 3.23. The number of aromatic amines is 1. The van der Waals surface area contributed by atoms with E-state index in [1.807, 2.05) is 0 Å². The molecule has 10 heteroatoms. The van der Waals surface area contributed by atoms with Gasteiger partial charge in [0.2, 0.25) is 0 Å². The van der Waals surface area contributed by atoms with Gasteiger partial charge in [-0.05, 0) is 17.7 Å². The molecule has 0 spiro atoms. The highest BCUT2D eigenvalue weighted by atomic mass is 35.5. The molecular weight excluding hydrogens is 446 g/mol. The van der Waals surface area contributed by atoms with Crippen molar-refractivity contribution < 1.29 is 19.1 Å². The number of anilines is 1. The molecule has 0 amide bonds. The predicted octanol–water partition coefficient (Wildman–Crippen LogP) is 3.11. The summed E-state index contributed by atoms with van der Waals surface area (Å²) in [7, 11) is 2.38. The van der Waals surface area contributed by atoms with Crippen molar-refractivity contribution in [2.75, 3.05) is 19.1 Å². The van der Waals surface area contributed by atoms with Crippen LogP contribution in [0.15, 0.2) is 71.2 Å². The van der Waals surface area contributed by atoms with E-state index in [9.17, 15) is 14.9 Å². The number of carbonyl (C=O) groups is 2. The summed E-state index contributed by atoms with van der Waals surface area (Å²) in [5.41, 5.74) is 7.72. The van der Waals surface area contributed by atoms with Crippen molar-refractivity contribution in [3.63, 3.8) is 0 Å². The second-order valence-corrected chi connectivity index (χ2v) is 7.42. The maximum atomic E-state index is 13.1. The number of fused-ring (bicyclic) bond motifs is 1. The molecule has 0 radical (unpaired) electrons. The Labute approximate surface area is 193 Å². The van der Waals surface area contributed by atoms with Crippen LogP contribution in [-0.2, 0) is 19.1 Å². The Morgan fingerprint density at radius 3 is 2.45 bits per heavy atom. The van der Waals surface area contributed by atoms with E-state index in [4.69, 9.17) is 26.8 Å². The molecule has 3 N–H and O–H groups in total. The zero-order valence-corrected chi connectivity index (χ0v) is 18.4. The molecular formula is C23H18ClN5O4. The van der Waals surface area contributed by atoms with Gasteiger partial charge in [0.15, 0.2) is 0 Å². The zero-order chi connectivity index (χ0) is 23.7. The fraction of sp³-hybridized carbons (Fsp3) is 0.130. The van der Waals surface area contributed by atoms with Gasteiger partial charge in [0, 0.05) is 0 Å². The number of aromatic nitrogens is 2. The topological polar surface area (TPSA) is 134 Å². The van der Waals surface area contributed by atoms with Crippen molar-refractivity contribution in [1.82, 2.24) is 10.2 Å². The molecule has 0 bridgehead atoms. The highest BCUT2D eigenvalue weighted by Gasteiger charge is 2.43. The van der Waals surface area contributed by atoms with Crippen LogP contribution in [-0.4, -0.2) is 36.4 Å². The number of esters is 2. The number of hydrogen-bond acceptors (Lipinski definition) is 8. The number of rotatable bonds is 4. The summed E-state index contributed by atoms with van der Waals surface area (Å²) in [6, 6.07) is 15.9. The highest BCUT2D eigenvalue weighted by Crippen LogP contribution is 2.45. The number of carbonyl (C=O) groups excluding carboxylic acids is 2. The molecule has 0 saturated heterocycles. The number of hydrogen-bond donors (Lipinski definition) is 2. The third kappa shape index (κ3) is 3.46. The van der Waals surface area contributed by atoms with Gasteiger partial charge in [-0.2, -0.15) is 10.4 Å². The molecule has 0 saturated carbocycles. The molecule has 1 unspecified atom stereocenters. The van der Waals surface area contributed by atoms with Gasteiger partial charge >= 0.3 is 11.9 Å². The van der Waals surface area contributed by atoms with Crippen LogP contribution < -0.4 is 10.6 Å². The molecule has 1 aromatic heterocycles. The van der Waals surface area contributed by atoms with Crippen LogP contribution in [0.1, 0.15) is 11.5 Å². The molecule has 1 aliphatic heterocycles. The fourth-order valence-corrected chi connectivity index (χ4v) is 4.20. The third-order valence-electron chi connectivity index (χ3n) is 5.37. The number of nitrogens with two attached hydrogens (primary N) is 1. The summed E-state index contributed by atoms with van der Waals surface area (Å²) >= 11 is 6.34. The molecule has 2 aromatic carbocycles. The van der Waals surface area contributed by atoms with E-state index >= 15 is 0 Å². The zero-order valence-electron chi connectivity index (χ0n) is 17.6. The number of allylic oxidation sites excluding steroid dienone is 1. The van der Waals surface area contributed by atoms with Crippen molar-refractivity contribution in [3.8, 4) is 6.07 Å². The first-order chi connectivity index (χ1) is 15.9. The quantitative estimate of drug-likeness (QED) is 0.563. The molecule has 166 valence electrons. The van der Waals surface area contributed by atoms with Crippen LogP contribution in [0.2, 0.25) is 5.15 Å². The molecule has 1 aliphatic rings. The molecule has 3 aromatic rings. The van der Waals surface area contributed by atoms with Gasteiger partial charge in [0.05, 0.1) is 53.9 Å². The van der Waals surface area contributed by atoms with Gasteiger partial charge in [0.25, 0.3) is 0 Å². The van der Waals surface area contributed by atoms with E-state index in [-0.39, 0.29) is 27.8 Å². The number of halogens is 1. The lowest BCUT2D eigenvalue weighted by Crippen LogP contribution is -2.40. The number of H-pyrrole nitrogens is 1. The standard InChI is InChI=1S/C23H18ClN5O4/c1-32-22(30)18-16(12-7-4-3-5-8-12)13(11-25)21(26)29(19(18)23(31)33-2)15-10-6-9-14-17(15)20(24)28-27-14/h3-10,16H,26H2,1-2H3,(H,27,28). The van der Waals surface area contributed by atoms with E-state index in [1.165, 1.54) is 19.1 Å². The minimum absolute atomic E-state index is 0.0517. The Morgan fingerprint density at radius 2 is 1.82 bits per heavy atom. The second kappa shape index (κ2) is 8.68. The Kier molecular flexibility index (Phi) is 5.77. The van der Waals surface area contributed by atoms with E-state index in [0.29, 0.717) is 22.2 Å². The van der Waals surface area contributed by atoms with Gasteiger partial charge in [-0.3, -0.25) is 10.00 Å². The van der Waals surface area contributed by atoms with Gasteiger partial charge in [-0.15, -0.1) is 0 Å². The van der Waals surface area contributed by atoms with E-state index in [0.717, 1.165) is 0 Å². The van der Waals surface area contributed by atoms with Crippen molar-refractivity contribution in [2.24, 2.45) is 5.73 Å². The third-order valence-corrected chi connectivity index (χ3v) is 5.64. The first kappa shape index (κ1) is 21.9. The van der Waals surface area contributed by atoms with Crippen LogP contribution >= 0.6 is 11.6 Å². The lowest BCUT2D eigenvalue weighted by Gasteiger charge is -2.36. The Morgan fingerprint density at radius 1 is 1.12 bits per heavy atom. The molecule has 1 atom stereocenters. The predicted molar refractivity (Wildman–Crippen MR) is 121 cm³/mol. The van der Waals surface area contributed by atoms with Crippen LogP contribution in [0.5, 0.6) is 0 Å². The molecule has 2 heterocycles. The minimum Gasteiger partial charge on any atom is -0.466 e. The van der Waals surface area contributed by atoms with Crippen LogP contribution in [0, 0.1) is 11.3 Å². The monoisotopic (exact) mass is 463 g/mol. The Balaban J connectivity index is 2.13. The summed E-state index contributed by atoms with van der Waals surface area (Å²) in [5.74, 6) is -2.65. The van der Waals surface area contributed by atoms with Gasteiger partial charge in [-0.1, -0.05) is 48.0 Å². The minimum atomic E-state index is -0.951. The lowest BCUT2D eigenvalue weighted by atomic mass is 9.81. The van der Waals surface area contributed by atoms with Crippen LogP contribution in [0.25, 0.3) is 10.9 Å². The van der Waals surface area contributed by atoms with E-state index in [2.05, 4.69) is 16.3 Å². The highest BCUT2D eigenvalue weighted by molar-refractivity contribution is 6.35. The molecule has 4 rings (SSSR count). The Hall–Kier alpha value is -4.29.